The van der Waals surface area contributed by atoms with Crippen molar-refractivity contribution >= 4 is 0 Å². The zero-order valence-corrected chi connectivity index (χ0v) is 7.01. The summed E-state index contributed by atoms with van der Waals surface area (Å²) < 4.78 is 5.10. The first-order valence-electron chi connectivity index (χ1n) is 3.50. The highest BCUT2D eigenvalue weighted by atomic mass is 16.5. The van der Waals surface area contributed by atoms with Crippen LogP contribution in [0.25, 0.3) is 0 Å². The van der Waals surface area contributed by atoms with Crippen LogP contribution in [0, 0.1) is 13.8 Å². The van der Waals surface area contributed by atoms with Gasteiger partial charge in [0, 0.05) is 5.56 Å². The van der Waals surface area contributed by atoms with E-state index in [2.05, 4.69) is 0 Å². The van der Waals surface area contributed by atoms with Crippen LogP contribution in [0.2, 0.25) is 0 Å². The largest absolute Gasteiger partial charge is 0.508 e. The van der Waals surface area contributed by atoms with Gasteiger partial charge in [-0.25, -0.2) is 0 Å². The van der Waals surface area contributed by atoms with Gasteiger partial charge in [0.05, 0.1) is 7.11 Å². The molecule has 0 heterocycles. The smallest absolute Gasteiger partial charge is 0.128 e. The lowest BCUT2D eigenvalue weighted by Gasteiger charge is -2.08. The fraction of sp³-hybridized carbons (Fsp3) is 0.333. The highest BCUT2D eigenvalue weighted by Gasteiger charge is 2.05. The molecule has 1 aromatic carbocycles. The van der Waals surface area contributed by atoms with Gasteiger partial charge in [-0.05, 0) is 25.5 Å². The average molecular weight is 152 g/mol. The molecular formula is C9H12O2. The second-order valence-electron chi connectivity index (χ2n) is 2.56. The Morgan fingerprint density at radius 3 is 2.36 bits per heavy atom. The Bertz CT molecular complexity index is 267. The molecule has 0 radical (unpaired) electrons. The van der Waals surface area contributed by atoms with E-state index in [-0.39, 0.29) is 5.75 Å². The summed E-state index contributed by atoms with van der Waals surface area (Å²) in [6, 6.07) is 3.51. The van der Waals surface area contributed by atoms with E-state index in [1.54, 1.807) is 13.2 Å². The first kappa shape index (κ1) is 7.92. The summed E-state index contributed by atoms with van der Waals surface area (Å²) in [5, 5.41) is 9.28. The summed E-state index contributed by atoms with van der Waals surface area (Å²) in [5.41, 5.74) is 1.84. The number of aryl methyl sites for hydroxylation is 1. The molecular weight excluding hydrogens is 140 g/mol. The summed E-state index contributed by atoms with van der Waals surface area (Å²) in [6.45, 7) is 3.78. The molecule has 11 heavy (non-hydrogen) atoms. The van der Waals surface area contributed by atoms with Crippen LogP contribution in [0.1, 0.15) is 11.1 Å². The lowest BCUT2D eigenvalue weighted by Crippen LogP contribution is -1.90. The minimum absolute atomic E-state index is 0.285. The number of rotatable bonds is 1. The van der Waals surface area contributed by atoms with Gasteiger partial charge in [-0.2, -0.15) is 0 Å². The van der Waals surface area contributed by atoms with Gasteiger partial charge in [0.1, 0.15) is 11.5 Å². The van der Waals surface area contributed by atoms with Gasteiger partial charge in [0.2, 0.25) is 0 Å². The maximum Gasteiger partial charge on any atom is 0.128 e. The molecule has 0 aliphatic rings. The SMILES string of the molecule is COc1c(C)ccc(O)c1C. The van der Waals surface area contributed by atoms with Crippen molar-refractivity contribution in [2.75, 3.05) is 7.11 Å². The van der Waals surface area contributed by atoms with Crippen LogP contribution in [0.5, 0.6) is 11.5 Å². The molecule has 1 rings (SSSR count). The summed E-state index contributed by atoms with van der Waals surface area (Å²) in [6.07, 6.45) is 0. The van der Waals surface area contributed by atoms with Crippen LogP contribution in [-0.4, -0.2) is 12.2 Å². The molecule has 0 saturated carbocycles. The van der Waals surface area contributed by atoms with Crippen molar-refractivity contribution in [2.45, 2.75) is 13.8 Å². The van der Waals surface area contributed by atoms with Gasteiger partial charge in [-0.1, -0.05) is 6.07 Å². The van der Waals surface area contributed by atoms with E-state index in [9.17, 15) is 5.11 Å². The van der Waals surface area contributed by atoms with Crippen LogP contribution >= 0.6 is 0 Å². The Morgan fingerprint density at radius 2 is 1.91 bits per heavy atom. The van der Waals surface area contributed by atoms with E-state index in [4.69, 9.17) is 4.74 Å². The van der Waals surface area contributed by atoms with E-state index in [1.807, 2.05) is 19.9 Å². The van der Waals surface area contributed by atoms with Crippen molar-refractivity contribution in [1.82, 2.24) is 0 Å². The molecule has 1 N–H and O–H groups in total. The predicted molar refractivity (Wildman–Crippen MR) is 44.1 cm³/mol. The molecule has 0 aliphatic heterocycles. The number of phenolic OH excluding ortho intramolecular Hbond substituents is 1. The third-order valence-electron chi connectivity index (χ3n) is 1.78. The topological polar surface area (TPSA) is 29.5 Å². The van der Waals surface area contributed by atoms with Gasteiger partial charge in [0.15, 0.2) is 0 Å². The quantitative estimate of drug-likeness (QED) is 0.667. The van der Waals surface area contributed by atoms with Gasteiger partial charge < -0.3 is 9.84 Å². The molecule has 0 saturated heterocycles. The van der Waals surface area contributed by atoms with Crippen LogP contribution in [0.15, 0.2) is 12.1 Å². The zero-order valence-electron chi connectivity index (χ0n) is 7.01. The van der Waals surface area contributed by atoms with Crippen molar-refractivity contribution in [3.8, 4) is 11.5 Å². The number of hydrogen-bond acceptors (Lipinski definition) is 2. The molecule has 2 heteroatoms. The van der Waals surface area contributed by atoms with E-state index >= 15 is 0 Å². The Kier molecular flexibility index (Phi) is 2.03. The Labute approximate surface area is 66.4 Å². The van der Waals surface area contributed by atoms with Crippen molar-refractivity contribution in [1.29, 1.82) is 0 Å². The molecule has 0 aromatic heterocycles. The molecule has 60 valence electrons. The maximum atomic E-state index is 9.28. The third-order valence-corrected chi connectivity index (χ3v) is 1.78. The van der Waals surface area contributed by atoms with Gasteiger partial charge in [0.25, 0.3) is 0 Å². The second-order valence-corrected chi connectivity index (χ2v) is 2.56. The normalized spacial score (nSPS) is 9.73. The van der Waals surface area contributed by atoms with Crippen LogP contribution < -0.4 is 4.74 Å². The number of benzene rings is 1. The van der Waals surface area contributed by atoms with Gasteiger partial charge in [-0.3, -0.25) is 0 Å². The summed E-state index contributed by atoms with van der Waals surface area (Å²) in [4.78, 5) is 0. The lowest BCUT2D eigenvalue weighted by atomic mass is 10.1. The molecule has 1 aromatic rings. The minimum Gasteiger partial charge on any atom is -0.508 e. The van der Waals surface area contributed by atoms with Gasteiger partial charge in [-0.15, -0.1) is 0 Å². The highest BCUT2D eigenvalue weighted by molar-refractivity contribution is 5.47. The molecule has 2 nitrogen and oxygen atoms in total. The number of hydrogen-bond donors (Lipinski definition) is 1. The first-order valence-corrected chi connectivity index (χ1v) is 3.50. The summed E-state index contributed by atoms with van der Waals surface area (Å²) in [7, 11) is 1.61. The number of phenols is 1. The fourth-order valence-corrected chi connectivity index (χ4v) is 1.13. The highest BCUT2D eigenvalue weighted by Crippen LogP contribution is 2.29. The number of ether oxygens (including phenoxy) is 1. The summed E-state index contributed by atoms with van der Waals surface area (Å²) >= 11 is 0. The number of aromatic hydroxyl groups is 1. The maximum absolute atomic E-state index is 9.28. The molecule has 0 unspecified atom stereocenters. The predicted octanol–water partition coefficient (Wildman–Crippen LogP) is 2.02. The van der Waals surface area contributed by atoms with Crippen LogP contribution in [-0.2, 0) is 0 Å². The summed E-state index contributed by atoms with van der Waals surface area (Å²) in [5.74, 6) is 1.05. The van der Waals surface area contributed by atoms with Gasteiger partial charge >= 0.3 is 0 Å². The Hall–Kier alpha value is -1.18. The van der Waals surface area contributed by atoms with Crippen molar-refractivity contribution in [3.63, 3.8) is 0 Å². The van der Waals surface area contributed by atoms with Crippen LogP contribution in [0.3, 0.4) is 0 Å². The monoisotopic (exact) mass is 152 g/mol. The minimum atomic E-state index is 0.285. The van der Waals surface area contributed by atoms with Crippen molar-refractivity contribution < 1.29 is 9.84 Å². The molecule has 0 aliphatic carbocycles. The first-order chi connectivity index (χ1) is 5.16. The standard InChI is InChI=1S/C9H12O2/c1-6-4-5-8(10)7(2)9(6)11-3/h4-5,10H,1-3H3. The molecule has 0 bridgehead atoms. The zero-order chi connectivity index (χ0) is 8.43. The third kappa shape index (κ3) is 1.29. The Morgan fingerprint density at radius 1 is 1.27 bits per heavy atom. The molecule has 0 spiro atoms. The van der Waals surface area contributed by atoms with E-state index in [1.165, 1.54) is 0 Å². The van der Waals surface area contributed by atoms with E-state index < -0.39 is 0 Å². The lowest BCUT2D eigenvalue weighted by molar-refractivity contribution is 0.400. The van der Waals surface area contributed by atoms with E-state index in [0.717, 1.165) is 16.9 Å². The molecule has 0 amide bonds. The van der Waals surface area contributed by atoms with E-state index in [0.29, 0.717) is 0 Å². The van der Waals surface area contributed by atoms with Crippen LogP contribution in [0.4, 0.5) is 0 Å². The van der Waals surface area contributed by atoms with Crippen molar-refractivity contribution in [3.05, 3.63) is 23.3 Å². The number of methoxy groups -OCH3 is 1. The fourth-order valence-electron chi connectivity index (χ4n) is 1.13. The Balaban J connectivity index is 3.29. The average Bonchev–Trinajstić information content (AvgIpc) is 1.99. The molecule has 0 fully saturated rings. The molecule has 0 atom stereocenters. The van der Waals surface area contributed by atoms with Crippen molar-refractivity contribution in [2.24, 2.45) is 0 Å². The second kappa shape index (κ2) is 2.82.